The fourth-order valence-electron chi connectivity index (χ4n) is 0. The summed E-state index contributed by atoms with van der Waals surface area (Å²) < 4.78 is 0. The average molecular weight is 140 g/mol. The largest absolute Gasteiger partial charge is 0.344 e. The molecule has 56 valence electrons. The summed E-state index contributed by atoms with van der Waals surface area (Å²) in [5, 5.41) is 0. The number of rotatable bonds is 1. The van der Waals surface area contributed by atoms with Crippen LogP contribution in [0.2, 0.25) is 0 Å². The molecular formula is C7H12N2O. The Hall–Kier alpha value is -1.40. The highest BCUT2D eigenvalue weighted by molar-refractivity contribution is 5.86. The van der Waals surface area contributed by atoms with Crippen molar-refractivity contribution < 1.29 is 4.79 Å². The predicted molar refractivity (Wildman–Crippen MR) is 42.7 cm³/mol. The third-order valence-corrected chi connectivity index (χ3v) is 0.379. The van der Waals surface area contributed by atoms with Crippen LogP contribution in [0.3, 0.4) is 0 Å². The lowest BCUT2D eigenvalue weighted by atomic mass is 10.5. The molecule has 0 aromatic rings. The molecule has 0 unspecified atom stereocenters. The summed E-state index contributed by atoms with van der Waals surface area (Å²) in [6, 6.07) is 0. The molecule has 0 saturated carbocycles. The second kappa shape index (κ2) is 15.6. The molecule has 0 bridgehead atoms. The summed E-state index contributed by atoms with van der Waals surface area (Å²) in [6.45, 7) is 13.8. The van der Waals surface area contributed by atoms with Gasteiger partial charge in [0.05, 0.1) is 6.57 Å². The molecule has 10 heavy (non-hydrogen) atoms. The molecule has 0 saturated heterocycles. The lowest BCUT2D eigenvalue weighted by Gasteiger charge is -1.62. The molecule has 3 N–H and O–H groups in total. The molecule has 0 atom stereocenters. The van der Waals surface area contributed by atoms with Crippen molar-refractivity contribution in [2.45, 2.75) is 6.92 Å². The fraction of sp³-hybridized carbons (Fsp3) is 0.143. The van der Waals surface area contributed by atoms with Crippen LogP contribution in [0.1, 0.15) is 6.92 Å². The molecule has 0 spiro atoms. The molecule has 0 heterocycles. The number of hydrogen-bond acceptors (Lipinski definition) is 2. The van der Waals surface area contributed by atoms with Gasteiger partial charge in [-0.15, -0.1) is 6.58 Å². The summed E-state index contributed by atoms with van der Waals surface area (Å²) >= 11 is 0. The minimum absolute atomic E-state index is 0. The van der Waals surface area contributed by atoms with Gasteiger partial charge >= 0.3 is 0 Å². The molecule has 0 aromatic carbocycles. The van der Waals surface area contributed by atoms with Crippen LogP contribution in [0.15, 0.2) is 25.4 Å². The van der Waals surface area contributed by atoms with Gasteiger partial charge in [-0.3, -0.25) is 4.79 Å². The van der Waals surface area contributed by atoms with Crippen LogP contribution in [0.4, 0.5) is 0 Å². The Labute approximate surface area is 61.5 Å². The first kappa shape index (κ1) is 15.8. The predicted octanol–water partition coefficient (Wildman–Crippen LogP) is 1.97. The van der Waals surface area contributed by atoms with Crippen LogP contribution >= 0.6 is 0 Å². The quantitative estimate of drug-likeness (QED) is 0.447. The zero-order valence-electron chi connectivity index (χ0n) is 6.13. The van der Waals surface area contributed by atoms with Gasteiger partial charge in [0.15, 0.2) is 5.78 Å². The second-order valence-corrected chi connectivity index (χ2v) is 1.13. The van der Waals surface area contributed by atoms with Gasteiger partial charge in [-0.25, -0.2) is 4.85 Å². The summed E-state index contributed by atoms with van der Waals surface area (Å²) in [7, 11) is 0. The van der Waals surface area contributed by atoms with Gasteiger partial charge < -0.3 is 6.15 Å². The molecule has 0 aliphatic heterocycles. The van der Waals surface area contributed by atoms with Crippen LogP contribution in [-0.4, -0.2) is 5.78 Å². The van der Waals surface area contributed by atoms with Crippen LogP contribution in [-0.2, 0) is 4.79 Å². The van der Waals surface area contributed by atoms with E-state index in [1.807, 2.05) is 0 Å². The maximum atomic E-state index is 9.69. The van der Waals surface area contributed by atoms with Crippen molar-refractivity contribution in [2.24, 2.45) is 0 Å². The zero-order valence-corrected chi connectivity index (χ0v) is 6.13. The average Bonchev–Trinajstić information content (AvgIpc) is 1.89. The molecule has 0 fully saturated rings. The van der Waals surface area contributed by atoms with Crippen molar-refractivity contribution in [3.63, 3.8) is 0 Å². The first-order valence-corrected chi connectivity index (χ1v) is 2.29. The van der Waals surface area contributed by atoms with E-state index in [0.29, 0.717) is 0 Å². The van der Waals surface area contributed by atoms with Crippen LogP contribution < -0.4 is 6.15 Å². The standard InChI is InChI=1S/C4H6O.C3H3N.H3N/c1-3-4(2)5;1-3-4-2;/h3H,1H2,2H3;3H,1H2;1H3. The third-order valence-electron chi connectivity index (χ3n) is 0.379. The van der Waals surface area contributed by atoms with E-state index in [2.05, 4.69) is 18.0 Å². The van der Waals surface area contributed by atoms with E-state index >= 15 is 0 Å². The number of ketones is 1. The Morgan fingerprint density at radius 1 is 1.60 bits per heavy atom. The molecule has 3 heteroatoms. The van der Waals surface area contributed by atoms with Crippen molar-refractivity contribution >= 4 is 5.78 Å². The van der Waals surface area contributed by atoms with E-state index in [4.69, 9.17) is 6.57 Å². The molecule has 0 aromatic heterocycles. The molecule has 0 amide bonds. The molecule has 0 rings (SSSR count). The van der Waals surface area contributed by atoms with Crippen LogP contribution in [0.25, 0.3) is 4.85 Å². The van der Waals surface area contributed by atoms with Gasteiger partial charge in [0.1, 0.15) is 6.20 Å². The van der Waals surface area contributed by atoms with Crippen molar-refractivity contribution in [3.05, 3.63) is 36.9 Å². The van der Waals surface area contributed by atoms with Crippen molar-refractivity contribution in [2.75, 3.05) is 0 Å². The Balaban J connectivity index is -0.0000000910. The smallest absolute Gasteiger partial charge is 0.152 e. The van der Waals surface area contributed by atoms with E-state index in [9.17, 15) is 4.79 Å². The van der Waals surface area contributed by atoms with Gasteiger partial charge in [-0.1, -0.05) is 6.58 Å². The maximum Gasteiger partial charge on any atom is 0.152 e. The first-order chi connectivity index (χ1) is 4.18. The molecule has 0 radical (unpaired) electrons. The highest BCUT2D eigenvalue weighted by atomic mass is 16.1. The van der Waals surface area contributed by atoms with E-state index in [-0.39, 0.29) is 11.9 Å². The van der Waals surface area contributed by atoms with E-state index < -0.39 is 0 Å². The van der Waals surface area contributed by atoms with Crippen molar-refractivity contribution in [1.82, 2.24) is 6.15 Å². The number of carbonyl (C=O) groups excluding carboxylic acids is 1. The monoisotopic (exact) mass is 140 g/mol. The molecule has 3 nitrogen and oxygen atoms in total. The molecular weight excluding hydrogens is 128 g/mol. The van der Waals surface area contributed by atoms with Crippen LogP contribution in [0, 0.1) is 6.57 Å². The topological polar surface area (TPSA) is 56.4 Å². The van der Waals surface area contributed by atoms with Gasteiger partial charge in [-0.05, 0) is 13.0 Å². The van der Waals surface area contributed by atoms with Crippen molar-refractivity contribution in [1.29, 1.82) is 0 Å². The summed E-state index contributed by atoms with van der Waals surface area (Å²) in [6.07, 6.45) is 2.44. The highest BCUT2D eigenvalue weighted by Gasteiger charge is 1.69. The first-order valence-electron chi connectivity index (χ1n) is 2.29. The van der Waals surface area contributed by atoms with Gasteiger partial charge in [0.25, 0.3) is 0 Å². The van der Waals surface area contributed by atoms with Gasteiger partial charge in [0.2, 0.25) is 0 Å². The number of hydrogen-bond donors (Lipinski definition) is 1. The minimum Gasteiger partial charge on any atom is -0.344 e. The second-order valence-electron chi connectivity index (χ2n) is 1.13. The number of carbonyl (C=O) groups is 1. The van der Waals surface area contributed by atoms with Gasteiger partial charge in [0, 0.05) is 0 Å². The Bertz CT molecular complexity index is 144. The van der Waals surface area contributed by atoms with E-state index in [1.54, 1.807) is 0 Å². The van der Waals surface area contributed by atoms with Crippen molar-refractivity contribution in [3.8, 4) is 0 Å². The molecule has 0 aliphatic rings. The zero-order chi connectivity index (χ0) is 7.70. The lowest BCUT2D eigenvalue weighted by molar-refractivity contribution is -0.112. The summed E-state index contributed by atoms with van der Waals surface area (Å²) in [4.78, 5) is 12.4. The third kappa shape index (κ3) is 80.8. The molecule has 0 aliphatic carbocycles. The Kier molecular flexibility index (Phi) is 24.8. The fourth-order valence-corrected chi connectivity index (χ4v) is 0. The highest BCUT2D eigenvalue weighted by Crippen LogP contribution is 1.60. The normalized spacial score (nSPS) is 4.80. The lowest BCUT2D eigenvalue weighted by Crippen LogP contribution is -1.74. The van der Waals surface area contributed by atoms with E-state index in [1.165, 1.54) is 19.2 Å². The summed E-state index contributed by atoms with van der Waals surface area (Å²) in [5.41, 5.74) is 0. The number of nitrogens with zero attached hydrogens (tertiary/aromatic N) is 1. The van der Waals surface area contributed by atoms with Gasteiger partial charge in [-0.2, -0.15) is 0 Å². The van der Waals surface area contributed by atoms with Crippen LogP contribution in [0.5, 0.6) is 0 Å². The SMILES string of the molecule is C=CC(C)=O.N.[C-]#[N+]C=C. The minimum atomic E-state index is 0. The van der Waals surface area contributed by atoms with E-state index in [0.717, 1.165) is 0 Å². The maximum absolute atomic E-state index is 9.69. The Morgan fingerprint density at radius 2 is 1.80 bits per heavy atom. The number of allylic oxidation sites excluding steroid dienone is 1. The Morgan fingerprint density at radius 3 is 1.80 bits per heavy atom. The summed E-state index contributed by atoms with van der Waals surface area (Å²) in [5.74, 6) is 0.0185.